The fourth-order valence-electron chi connectivity index (χ4n) is 1.20. The van der Waals surface area contributed by atoms with E-state index in [0.717, 1.165) is 5.56 Å². The third kappa shape index (κ3) is 1.86. The van der Waals surface area contributed by atoms with Crippen molar-refractivity contribution in [2.45, 2.75) is 0 Å². The first kappa shape index (κ1) is 10.1. The van der Waals surface area contributed by atoms with Gasteiger partial charge in [-0.25, -0.2) is 4.68 Å². The number of aryl methyl sites for hydroxylation is 1. The van der Waals surface area contributed by atoms with Crippen molar-refractivity contribution in [3.63, 3.8) is 0 Å². The Kier molecular flexibility index (Phi) is 2.70. The Hall–Kier alpha value is -1.40. The molecular weight excluding hydrogens is 234 g/mol. The van der Waals surface area contributed by atoms with Crippen molar-refractivity contribution in [3.8, 4) is 11.4 Å². The second-order valence-electron chi connectivity index (χ2n) is 2.88. The van der Waals surface area contributed by atoms with Crippen LogP contribution in [0.5, 0.6) is 0 Å². The molecule has 76 valence electrons. The normalized spacial score (nSPS) is 10.3. The first-order valence-corrected chi connectivity index (χ1v) is 4.82. The molecule has 1 aromatic carbocycles. The van der Waals surface area contributed by atoms with E-state index in [1.807, 2.05) is 0 Å². The summed E-state index contributed by atoms with van der Waals surface area (Å²) in [6.45, 7) is 0. The first-order chi connectivity index (χ1) is 7.22. The minimum Gasteiger partial charge on any atom is -0.229 e. The number of nitrogens with zero attached hydrogens (tertiary/aromatic N) is 5. The number of rotatable bonds is 2. The largest absolute Gasteiger partial charge is 0.229 e. The van der Waals surface area contributed by atoms with Gasteiger partial charge in [-0.3, -0.25) is 0 Å². The third-order valence-corrected chi connectivity index (χ3v) is 2.44. The molecule has 1 heterocycles. The van der Waals surface area contributed by atoms with Gasteiger partial charge in [-0.1, -0.05) is 11.6 Å². The van der Waals surface area contributed by atoms with Gasteiger partial charge in [0.1, 0.15) is 0 Å². The summed E-state index contributed by atoms with van der Waals surface area (Å²) in [6, 6.07) is 5.24. The summed E-state index contributed by atoms with van der Waals surface area (Å²) < 4.78 is 5.16. The quantitative estimate of drug-likeness (QED) is 0.803. The molecule has 15 heavy (non-hydrogen) atoms. The smallest absolute Gasteiger partial charge is 0.183 e. The van der Waals surface area contributed by atoms with Gasteiger partial charge in [0.2, 0.25) is 0 Å². The standard InChI is InChI=1S/C8H6ClN5S/c1-14-8(10-12-13-14)6-3-2-5(11-15)4-7(6)9/h2-4H,1H3. The van der Waals surface area contributed by atoms with Crippen molar-refractivity contribution in [3.05, 3.63) is 23.2 Å². The van der Waals surface area contributed by atoms with E-state index in [1.165, 1.54) is 0 Å². The van der Waals surface area contributed by atoms with E-state index in [4.69, 9.17) is 11.6 Å². The average molecular weight is 240 g/mol. The highest BCUT2D eigenvalue weighted by Gasteiger charge is 2.10. The van der Waals surface area contributed by atoms with Crippen molar-refractivity contribution in [1.82, 2.24) is 20.2 Å². The fraction of sp³-hybridized carbons (Fsp3) is 0.125. The molecule has 0 fully saturated rings. The summed E-state index contributed by atoms with van der Waals surface area (Å²) in [7, 11) is 1.75. The molecule has 0 aliphatic heterocycles. The van der Waals surface area contributed by atoms with Gasteiger partial charge < -0.3 is 0 Å². The van der Waals surface area contributed by atoms with Gasteiger partial charge in [-0.2, -0.15) is 4.36 Å². The maximum absolute atomic E-state index is 6.06. The molecule has 0 amide bonds. The Morgan fingerprint density at radius 3 is 2.80 bits per heavy atom. The topological polar surface area (TPSA) is 56.0 Å². The zero-order valence-electron chi connectivity index (χ0n) is 7.75. The van der Waals surface area contributed by atoms with E-state index in [-0.39, 0.29) is 0 Å². The number of halogens is 1. The summed E-state index contributed by atoms with van der Waals surface area (Å²) >= 11 is 10.6. The van der Waals surface area contributed by atoms with E-state index in [0.29, 0.717) is 16.5 Å². The molecule has 0 aliphatic rings. The van der Waals surface area contributed by atoms with Crippen molar-refractivity contribution in [2.24, 2.45) is 11.4 Å². The summed E-state index contributed by atoms with van der Waals surface area (Å²) in [4.78, 5) is 0. The van der Waals surface area contributed by atoms with Gasteiger partial charge >= 0.3 is 0 Å². The lowest BCUT2D eigenvalue weighted by molar-refractivity contribution is 0.715. The highest BCUT2D eigenvalue weighted by atomic mass is 35.5. The van der Waals surface area contributed by atoms with E-state index >= 15 is 0 Å². The summed E-state index contributed by atoms with van der Waals surface area (Å²) in [5, 5.41) is 11.7. The Labute approximate surface area is 96.2 Å². The molecule has 0 saturated heterocycles. The number of hydrogen-bond acceptors (Lipinski definition) is 5. The molecule has 0 aliphatic carbocycles. The maximum Gasteiger partial charge on any atom is 0.183 e. The van der Waals surface area contributed by atoms with Crippen molar-refractivity contribution < 1.29 is 0 Å². The molecule has 7 heteroatoms. The van der Waals surface area contributed by atoms with Crippen LogP contribution in [-0.4, -0.2) is 20.2 Å². The predicted octanol–water partition coefficient (Wildman–Crippen LogP) is 1.89. The average Bonchev–Trinajstić information content (AvgIpc) is 2.64. The monoisotopic (exact) mass is 239 g/mol. The van der Waals surface area contributed by atoms with Crippen LogP contribution in [0, 0.1) is 0 Å². The van der Waals surface area contributed by atoms with E-state index < -0.39 is 0 Å². The van der Waals surface area contributed by atoms with Crippen LogP contribution in [0.15, 0.2) is 22.6 Å². The van der Waals surface area contributed by atoms with Gasteiger partial charge in [0.05, 0.1) is 10.7 Å². The van der Waals surface area contributed by atoms with E-state index in [1.54, 1.807) is 29.9 Å². The van der Waals surface area contributed by atoms with Gasteiger partial charge in [-0.05, 0) is 28.6 Å². The first-order valence-electron chi connectivity index (χ1n) is 4.08. The number of aromatic nitrogens is 4. The van der Waals surface area contributed by atoms with Crippen LogP contribution in [0.4, 0.5) is 5.69 Å². The number of benzene rings is 1. The summed E-state index contributed by atoms with van der Waals surface area (Å²) in [5.74, 6) is 0.607. The highest BCUT2D eigenvalue weighted by molar-refractivity contribution is 7.47. The van der Waals surface area contributed by atoms with Crippen LogP contribution in [0.2, 0.25) is 5.02 Å². The van der Waals surface area contributed by atoms with Crippen molar-refractivity contribution >= 4 is 29.7 Å². The van der Waals surface area contributed by atoms with Gasteiger partial charge in [0, 0.05) is 25.0 Å². The second-order valence-corrected chi connectivity index (χ2v) is 3.47. The molecule has 5 nitrogen and oxygen atoms in total. The van der Waals surface area contributed by atoms with Crippen LogP contribution in [0.3, 0.4) is 0 Å². The van der Waals surface area contributed by atoms with Crippen molar-refractivity contribution in [2.75, 3.05) is 0 Å². The molecule has 0 spiro atoms. The van der Waals surface area contributed by atoms with E-state index in [2.05, 4.69) is 32.3 Å². The molecule has 0 atom stereocenters. The number of hydrogen-bond donors (Lipinski definition) is 0. The lowest BCUT2D eigenvalue weighted by Crippen LogP contribution is -1.94. The Morgan fingerprint density at radius 1 is 1.47 bits per heavy atom. The minimum atomic E-state index is 0.527. The molecule has 0 radical (unpaired) electrons. The lowest BCUT2D eigenvalue weighted by atomic mass is 10.2. The Bertz CT molecular complexity index is 509. The summed E-state index contributed by atoms with van der Waals surface area (Å²) in [5.41, 5.74) is 1.40. The molecular formula is C8H6ClN5S. The van der Waals surface area contributed by atoms with Gasteiger partial charge in [0.15, 0.2) is 5.82 Å². The molecule has 0 bridgehead atoms. The summed E-state index contributed by atoms with van der Waals surface area (Å²) in [6.07, 6.45) is 0. The van der Waals surface area contributed by atoms with Gasteiger partial charge in [-0.15, -0.1) is 5.10 Å². The predicted molar refractivity (Wildman–Crippen MR) is 58.7 cm³/mol. The van der Waals surface area contributed by atoms with E-state index in [9.17, 15) is 0 Å². The van der Waals surface area contributed by atoms with Crippen molar-refractivity contribution in [1.29, 1.82) is 0 Å². The zero-order valence-corrected chi connectivity index (χ0v) is 9.33. The second kappa shape index (κ2) is 4.00. The minimum absolute atomic E-state index is 0.527. The zero-order chi connectivity index (χ0) is 10.8. The SMILES string of the molecule is Cn1nnnc1-c1ccc(N=S)cc1Cl. The van der Waals surface area contributed by atoms with Gasteiger partial charge in [0.25, 0.3) is 0 Å². The molecule has 0 N–H and O–H groups in total. The number of tetrazole rings is 1. The fourth-order valence-corrected chi connectivity index (χ4v) is 1.57. The van der Waals surface area contributed by atoms with Crippen LogP contribution in [0.1, 0.15) is 0 Å². The van der Waals surface area contributed by atoms with Crippen LogP contribution in [0.25, 0.3) is 11.4 Å². The Balaban J connectivity index is 2.55. The lowest BCUT2D eigenvalue weighted by Gasteiger charge is -2.02. The molecule has 2 aromatic rings. The molecule has 1 aromatic heterocycles. The Morgan fingerprint density at radius 2 is 2.27 bits per heavy atom. The molecule has 2 rings (SSSR count). The van der Waals surface area contributed by atoms with Crippen LogP contribution < -0.4 is 0 Å². The van der Waals surface area contributed by atoms with Crippen LogP contribution >= 0.6 is 11.6 Å². The third-order valence-electron chi connectivity index (χ3n) is 1.92. The molecule has 0 unspecified atom stereocenters. The highest BCUT2D eigenvalue weighted by Crippen LogP contribution is 2.29. The maximum atomic E-state index is 6.06. The molecule has 0 saturated carbocycles. The van der Waals surface area contributed by atoms with Crippen LogP contribution in [-0.2, 0) is 19.5 Å².